The van der Waals surface area contributed by atoms with Crippen LogP contribution < -0.4 is 9.88 Å². The van der Waals surface area contributed by atoms with Gasteiger partial charge >= 0.3 is 0 Å². The minimum Gasteiger partial charge on any atom is -0.481 e. The fourth-order valence-corrected chi connectivity index (χ4v) is 3.51. The Hall–Kier alpha value is -1.60. The first-order chi connectivity index (χ1) is 9.20. The van der Waals surface area contributed by atoms with Crippen LogP contribution in [-0.2, 0) is 14.8 Å². The van der Waals surface area contributed by atoms with Crippen LogP contribution in [0.1, 0.15) is 17.5 Å². The average Bonchev–Trinajstić information content (AvgIpc) is 2.58. The number of carbonyl (C=O) groups excluding carboxylic acids is 1. The van der Waals surface area contributed by atoms with Crippen LogP contribution in [0.2, 0.25) is 0 Å². The monoisotopic (exact) mass is 298 g/mol. The Morgan fingerprint density at radius 1 is 1.30 bits per heavy atom. The largest absolute Gasteiger partial charge is 0.481 e. The standard InChI is InChI=1S/C13H18N2O4S/c1-8-6-10(7-9(2)12(8)20(14,17)18)19-11-4-5-15(3)13(11)16/h6-7,11H,4-5H2,1-3H3,(H2,14,17,18). The number of primary sulfonamides is 1. The summed E-state index contributed by atoms with van der Waals surface area (Å²) in [6.45, 7) is 3.97. The summed E-state index contributed by atoms with van der Waals surface area (Å²) in [5.41, 5.74) is 1.03. The van der Waals surface area contributed by atoms with E-state index in [1.165, 1.54) is 0 Å². The molecule has 1 saturated heterocycles. The number of nitrogens with zero attached hydrogens (tertiary/aromatic N) is 1. The van der Waals surface area contributed by atoms with Crippen molar-refractivity contribution in [2.24, 2.45) is 5.14 Å². The smallest absolute Gasteiger partial charge is 0.263 e. The van der Waals surface area contributed by atoms with Gasteiger partial charge in [-0.3, -0.25) is 4.79 Å². The van der Waals surface area contributed by atoms with Crippen LogP contribution in [0.25, 0.3) is 0 Å². The summed E-state index contributed by atoms with van der Waals surface area (Å²) in [5, 5.41) is 5.18. The highest BCUT2D eigenvalue weighted by Crippen LogP contribution is 2.27. The van der Waals surface area contributed by atoms with Crippen molar-refractivity contribution in [2.75, 3.05) is 13.6 Å². The zero-order valence-corrected chi connectivity index (χ0v) is 12.5. The van der Waals surface area contributed by atoms with E-state index in [2.05, 4.69) is 0 Å². The summed E-state index contributed by atoms with van der Waals surface area (Å²) in [7, 11) is -2.03. The molecular weight excluding hydrogens is 280 g/mol. The number of aryl methyl sites for hydroxylation is 2. The second-order valence-electron chi connectivity index (χ2n) is 5.09. The van der Waals surface area contributed by atoms with Gasteiger partial charge in [0.1, 0.15) is 5.75 Å². The zero-order chi connectivity index (χ0) is 15.1. The Labute approximate surface area is 118 Å². The number of benzene rings is 1. The molecule has 110 valence electrons. The number of ether oxygens (including phenoxy) is 1. The van der Waals surface area contributed by atoms with Crippen molar-refractivity contribution in [2.45, 2.75) is 31.3 Å². The number of sulfonamides is 1. The number of hydrogen-bond acceptors (Lipinski definition) is 4. The van der Waals surface area contributed by atoms with E-state index in [4.69, 9.17) is 9.88 Å². The normalized spacial score (nSPS) is 19.5. The molecular formula is C13H18N2O4S. The summed E-state index contributed by atoms with van der Waals surface area (Å²) in [5.74, 6) is 0.428. The van der Waals surface area contributed by atoms with Gasteiger partial charge in [0.15, 0.2) is 6.10 Å². The lowest BCUT2D eigenvalue weighted by Gasteiger charge is -2.15. The Balaban J connectivity index is 2.30. The van der Waals surface area contributed by atoms with Crippen molar-refractivity contribution in [3.63, 3.8) is 0 Å². The van der Waals surface area contributed by atoms with E-state index in [0.29, 0.717) is 29.8 Å². The van der Waals surface area contributed by atoms with E-state index in [9.17, 15) is 13.2 Å². The predicted octanol–water partition coefficient (Wildman–Crippen LogP) is 0.560. The fraction of sp³-hybridized carbons (Fsp3) is 0.462. The second kappa shape index (κ2) is 5.06. The number of likely N-dealkylation sites (N-methyl/N-ethyl adjacent to an activating group) is 1. The zero-order valence-electron chi connectivity index (χ0n) is 11.7. The van der Waals surface area contributed by atoms with E-state index < -0.39 is 16.1 Å². The van der Waals surface area contributed by atoms with Crippen LogP contribution in [0.3, 0.4) is 0 Å². The highest BCUT2D eigenvalue weighted by atomic mass is 32.2. The van der Waals surface area contributed by atoms with Gasteiger partial charge in [-0.1, -0.05) is 0 Å². The van der Waals surface area contributed by atoms with Gasteiger partial charge in [-0.15, -0.1) is 0 Å². The number of nitrogens with two attached hydrogens (primary N) is 1. The molecule has 2 rings (SSSR count). The Bertz CT molecular complexity index is 631. The quantitative estimate of drug-likeness (QED) is 0.883. The Morgan fingerprint density at radius 2 is 1.85 bits per heavy atom. The number of rotatable bonds is 3. The van der Waals surface area contributed by atoms with Crippen molar-refractivity contribution in [1.82, 2.24) is 4.90 Å². The lowest BCUT2D eigenvalue weighted by molar-refractivity contribution is -0.132. The second-order valence-corrected chi connectivity index (χ2v) is 6.58. The lowest BCUT2D eigenvalue weighted by atomic mass is 10.1. The molecule has 1 aliphatic heterocycles. The number of likely N-dealkylation sites (tertiary alicyclic amines) is 1. The maximum Gasteiger partial charge on any atom is 0.263 e. The maximum absolute atomic E-state index is 11.8. The van der Waals surface area contributed by atoms with Gasteiger partial charge in [0.2, 0.25) is 10.0 Å². The first kappa shape index (κ1) is 14.8. The average molecular weight is 298 g/mol. The van der Waals surface area contributed by atoms with E-state index in [1.54, 1.807) is 37.9 Å². The molecule has 1 amide bonds. The molecule has 1 aromatic carbocycles. The highest BCUT2D eigenvalue weighted by Gasteiger charge is 2.31. The molecule has 1 fully saturated rings. The van der Waals surface area contributed by atoms with Crippen molar-refractivity contribution in [3.8, 4) is 5.75 Å². The summed E-state index contributed by atoms with van der Waals surface area (Å²) < 4.78 is 28.7. The third-order valence-corrected chi connectivity index (χ3v) is 4.59. The van der Waals surface area contributed by atoms with Gasteiger partial charge in [-0.2, -0.15) is 0 Å². The molecule has 0 aliphatic carbocycles. The molecule has 20 heavy (non-hydrogen) atoms. The van der Waals surface area contributed by atoms with Gasteiger partial charge in [-0.05, 0) is 37.1 Å². The maximum atomic E-state index is 11.8. The van der Waals surface area contributed by atoms with Gasteiger partial charge in [-0.25, -0.2) is 13.6 Å². The molecule has 2 N–H and O–H groups in total. The Morgan fingerprint density at radius 3 is 2.25 bits per heavy atom. The summed E-state index contributed by atoms with van der Waals surface area (Å²) in [6.07, 6.45) is 0.129. The summed E-state index contributed by atoms with van der Waals surface area (Å²) in [6, 6.07) is 3.19. The van der Waals surface area contributed by atoms with Crippen molar-refractivity contribution in [1.29, 1.82) is 0 Å². The van der Waals surface area contributed by atoms with Gasteiger partial charge < -0.3 is 9.64 Å². The van der Waals surface area contributed by atoms with Crippen molar-refractivity contribution in [3.05, 3.63) is 23.3 Å². The van der Waals surface area contributed by atoms with Crippen LogP contribution in [0.15, 0.2) is 17.0 Å². The molecule has 1 atom stereocenters. The first-order valence-corrected chi connectivity index (χ1v) is 7.80. The molecule has 1 heterocycles. The van der Waals surface area contributed by atoms with Gasteiger partial charge in [0.25, 0.3) is 5.91 Å². The first-order valence-electron chi connectivity index (χ1n) is 6.26. The Kier molecular flexibility index (Phi) is 3.75. The predicted molar refractivity (Wildman–Crippen MR) is 74.0 cm³/mol. The molecule has 1 aliphatic rings. The molecule has 0 spiro atoms. The highest BCUT2D eigenvalue weighted by molar-refractivity contribution is 7.89. The van der Waals surface area contributed by atoms with Crippen LogP contribution in [0.4, 0.5) is 0 Å². The van der Waals surface area contributed by atoms with Gasteiger partial charge in [0, 0.05) is 20.0 Å². The number of carbonyl (C=O) groups is 1. The molecule has 6 nitrogen and oxygen atoms in total. The molecule has 0 aromatic heterocycles. The van der Waals surface area contributed by atoms with E-state index >= 15 is 0 Å². The SMILES string of the molecule is Cc1cc(OC2CCN(C)C2=O)cc(C)c1S(N)(=O)=O. The van der Waals surface area contributed by atoms with Gasteiger partial charge in [0.05, 0.1) is 4.90 Å². The third-order valence-electron chi connectivity index (χ3n) is 3.38. The van der Waals surface area contributed by atoms with Crippen LogP contribution in [0.5, 0.6) is 5.75 Å². The fourth-order valence-electron chi connectivity index (χ4n) is 2.49. The molecule has 7 heteroatoms. The molecule has 1 unspecified atom stereocenters. The topological polar surface area (TPSA) is 89.7 Å². The lowest BCUT2D eigenvalue weighted by Crippen LogP contribution is -2.29. The molecule has 0 radical (unpaired) electrons. The van der Waals surface area contributed by atoms with Crippen molar-refractivity contribution >= 4 is 15.9 Å². The molecule has 1 aromatic rings. The minimum absolute atomic E-state index is 0.0594. The minimum atomic E-state index is -3.76. The molecule has 0 bridgehead atoms. The van der Waals surface area contributed by atoms with Crippen molar-refractivity contribution < 1.29 is 17.9 Å². The summed E-state index contributed by atoms with van der Waals surface area (Å²) >= 11 is 0. The van der Waals surface area contributed by atoms with Crippen LogP contribution in [-0.4, -0.2) is 38.9 Å². The third kappa shape index (κ3) is 2.78. The number of hydrogen-bond donors (Lipinski definition) is 1. The number of amides is 1. The van der Waals surface area contributed by atoms with Crippen LogP contribution >= 0.6 is 0 Å². The molecule has 0 saturated carbocycles. The van der Waals surface area contributed by atoms with E-state index in [-0.39, 0.29) is 10.8 Å². The van der Waals surface area contributed by atoms with Crippen LogP contribution in [0, 0.1) is 13.8 Å². The van der Waals surface area contributed by atoms with E-state index in [0.717, 1.165) is 0 Å². The summed E-state index contributed by atoms with van der Waals surface area (Å²) in [4.78, 5) is 13.5. The van der Waals surface area contributed by atoms with E-state index in [1.807, 2.05) is 0 Å².